The first kappa shape index (κ1) is 13.9. The van der Waals surface area contributed by atoms with E-state index in [4.69, 9.17) is 9.47 Å². The molecule has 0 aliphatic rings. The van der Waals surface area contributed by atoms with Crippen molar-refractivity contribution in [3.63, 3.8) is 0 Å². The maximum absolute atomic E-state index is 10.8. The first-order valence-corrected chi connectivity index (χ1v) is 6.31. The molecule has 0 fully saturated rings. The van der Waals surface area contributed by atoms with E-state index in [1.54, 1.807) is 18.2 Å². The lowest BCUT2D eigenvalue weighted by molar-refractivity contribution is -0.131. The fourth-order valence-electron chi connectivity index (χ4n) is 1.78. The highest BCUT2D eigenvalue weighted by molar-refractivity contribution is 5.70. The monoisotopic (exact) mass is 268 g/mol. The summed E-state index contributed by atoms with van der Waals surface area (Å²) in [5.41, 5.74) is 2.13. The molecule has 0 aliphatic carbocycles. The Morgan fingerprint density at radius 1 is 1.00 bits per heavy atom. The first-order chi connectivity index (χ1) is 9.69. The van der Waals surface area contributed by atoms with Crippen molar-refractivity contribution in [2.75, 3.05) is 6.61 Å². The van der Waals surface area contributed by atoms with Crippen molar-refractivity contribution in [2.24, 2.45) is 0 Å². The van der Waals surface area contributed by atoms with Gasteiger partial charge in [-0.3, -0.25) is 4.79 Å². The molecule has 0 atom stereocenters. The van der Waals surface area contributed by atoms with Gasteiger partial charge in [-0.15, -0.1) is 0 Å². The molecule has 0 aromatic heterocycles. The average Bonchev–Trinajstić information content (AvgIpc) is 2.46. The van der Waals surface area contributed by atoms with Crippen LogP contribution >= 0.6 is 0 Å². The zero-order chi connectivity index (χ0) is 14.4. The first-order valence-electron chi connectivity index (χ1n) is 6.31. The Balaban J connectivity index is 2.10. The molecule has 0 radical (unpaired) electrons. The van der Waals surface area contributed by atoms with E-state index in [2.05, 4.69) is 6.58 Å². The molecule has 0 saturated heterocycles. The topological polar surface area (TPSA) is 35.5 Å². The lowest BCUT2D eigenvalue weighted by Gasteiger charge is -2.06. The quantitative estimate of drug-likeness (QED) is 0.469. The number of carbonyl (C=O) groups excluding carboxylic acids is 1. The summed E-state index contributed by atoms with van der Waals surface area (Å²) in [6.07, 6.45) is 1.71. The van der Waals surface area contributed by atoms with Crippen LogP contribution in [-0.2, 0) is 4.79 Å². The molecular weight excluding hydrogens is 252 g/mol. The minimum atomic E-state index is -0.318. The molecule has 0 saturated carbocycles. The second-order valence-electron chi connectivity index (χ2n) is 4.24. The van der Waals surface area contributed by atoms with Gasteiger partial charge in [0.2, 0.25) is 0 Å². The van der Waals surface area contributed by atoms with Gasteiger partial charge in [0.1, 0.15) is 18.1 Å². The molecule has 102 valence electrons. The zero-order valence-electron chi connectivity index (χ0n) is 11.3. The van der Waals surface area contributed by atoms with Crippen molar-refractivity contribution in [1.29, 1.82) is 0 Å². The number of rotatable bonds is 5. The van der Waals surface area contributed by atoms with Gasteiger partial charge in [0.25, 0.3) is 0 Å². The van der Waals surface area contributed by atoms with Crippen molar-refractivity contribution in [3.8, 4) is 22.6 Å². The van der Waals surface area contributed by atoms with Crippen LogP contribution in [0, 0.1) is 0 Å². The van der Waals surface area contributed by atoms with E-state index in [1.165, 1.54) is 6.92 Å². The molecule has 0 spiro atoms. The highest BCUT2D eigenvalue weighted by atomic mass is 16.5. The van der Waals surface area contributed by atoms with E-state index in [9.17, 15) is 4.79 Å². The fourth-order valence-corrected chi connectivity index (χ4v) is 1.78. The summed E-state index contributed by atoms with van der Waals surface area (Å²) < 4.78 is 10.4. The normalized spacial score (nSPS) is 9.85. The van der Waals surface area contributed by atoms with E-state index in [0.29, 0.717) is 12.4 Å². The summed E-state index contributed by atoms with van der Waals surface area (Å²) in [6, 6.07) is 15.2. The number of benzene rings is 2. The van der Waals surface area contributed by atoms with Gasteiger partial charge in [0.05, 0.1) is 0 Å². The third-order valence-electron chi connectivity index (χ3n) is 2.67. The second kappa shape index (κ2) is 6.57. The second-order valence-corrected chi connectivity index (χ2v) is 4.24. The Kier molecular flexibility index (Phi) is 4.56. The number of hydrogen-bond donors (Lipinski definition) is 0. The standard InChI is InChI=1S/C17H16O3/c1-3-12-19-16-8-4-14(5-9-16)15-6-10-17(11-7-15)20-13(2)18/h3-11H,1,12H2,2H3. The minimum absolute atomic E-state index is 0.318. The largest absolute Gasteiger partial charge is 0.490 e. The van der Waals surface area contributed by atoms with Crippen LogP contribution in [0.1, 0.15) is 6.92 Å². The number of carbonyl (C=O) groups is 1. The third-order valence-corrected chi connectivity index (χ3v) is 2.67. The van der Waals surface area contributed by atoms with Crippen molar-refractivity contribution >= 4 is 5.97 Å². The SMILES string of the molecule is C=CCOc1ccc(-c2ccc(OC(C)=O)cc2)cc1. The highest BCUT2D eigenvalue weighted by Gasteiger charge is 2.01. The van der Waals surface area contributed by atoms with E-state index >= 15 is 0 Å². The Bertz CT molecular complexity index is 583. The van der Waals surface area contributed by atoms with Crippen LogP contribution < -0.4 is 9.47 Å². The number of ether oxygens (including phenoxy) is 2. The molecule has 0 unspecified atom stereocenters. The lowest BCUT2D eigenvalue weighted by Crippen LogP contribution is -2.00. The molecule has 0 heterocycles. The van der Waals surface area contributed by atoms with Gasteiger partial charge in [0.15, 0.2) is 0 Å². The van der Waals surface area contributed by atoms with Crippen LogP contribution in [0.25, 0.3) is 11.1 Å². The summed E-state index contributed by atoms with van der Waals surface area (Å²) in [5.74, 6) is 1.04. The minimum Gasteiger partial charge on any atom is -0.490 e. The average molecular weight is 268 g/mol. The molecule has 0 aliphatic heterocycles. The van der Waals surface area contributed by atoms with Crippen molar-refractivity contribution in [1.82, 2.24) is 0 Å². The molecule has 3 nitrogen and oxygen atoms in total. The Morgan fingerprint density at radius 2 is 1.50 bits per heavy atom. The number of esters is 1. The smallest absolute Gasteiger partial charge is 0.308 e. The summed E-state index contributed by atoms with van der Waals surface area (Å²) >= 11 is 0. The maximum Gasteiger partial charge on any atom is 0.308 e. The highest BCUT2D eigenvalue weighted by Crippen LogP contribution is 2.24. The summed E-state index contributed by atoms with van der Waals surface area (Å²) in [5, 5.41) is 0. The predicted molar refractivity (Wildman–Crippen MR) is 78.9 cm³/mol. The Labute approximate surface area is 118 Å². The van der Waals surface area contributed by atoms with E-state index in [1.807, 2.05) is 36.4 Å². The van der Waals surface area contributed by atoms with Crippen molar-refractivity contribution in [2.45, 2.75) is 6.92 Å². The molecular formula is C17H16O3. The van der Waals surface area contributed by atoms with E-state index < -0.39 is 0 Å². The molecule has 20 heavy (non-hydrogen) atoms. The molecule has 2 rings (SSSR count). The molecule has 2 aromatic carbocycles. The van der Waals surface area contributed by atoms with Crippen LogP contribution in [0.15, 0.2) is 61.2 Å². The van der Waals surface area contributed by atoms with E-state index in [0.717, 1.165) is 16.9 Å². The Hall–Kier alpha value is -2.55. The predicted octanol–water partition coefficient (Wildman–Crippen LogP) is 3.84. The van der Waals surface area contributed by atoms with Crippen molar-refractivity contribution in [3.05, 3.63) is 61.2 Å². The van der Waals surface area contributed by atoms with Gasteiger partial charge in [-0.2, -0.15) is 0 Å². The summed E-state index contributed by atoms with van der Waals surface area (Å²) in [4.78, 5) is 10.8. The lowest BCUT2D eigenvalue weighted by atomic mass is 10.1. The van der Waals surface area contributed by atoms with Gasteiger partial charge in [0, 0.05) is 6.92 Å². The fraction of sp³-hybridized carbons (Fsp3) is 0.118. The molecule has 2 aromatic rings. The molecule has 3 heteroatoms. The van der Waals surface area contributed by atoms with Crippen LogP contribution in [-0.4, -0.2) is 12.6 Å². The van der Waals surface area contributed by atoms with Crippen LogP contribution in [0.2, 0.25) is 0 Å². The third kappa shape index (κ3) is 3.72. The van der Waals surface area contributed by atoms with E-state index in [-0.39, 0.29) is 5.97 Å². The maximum atomic E-state index is 10.8. The molecule has 0 N–H and O–H groups in total. The molecule has 0 amide bonds. The van der Waals surface area contributed by atoms with Gasteiger partial charge >= 0.3 is 5.97 Å². The number of hydrogen-bond acceptors (Lipinski definition) is 3. The summed E-state index contributed by atoms with van der Waals surface area (Å²) in [6.45, 7) is 5.49. The van der Waals surface area contributed by atoms with Crippen molar-refractivity contribution < 1.29 is 14.3 Å². The Morgan fingerprint density at radius 3 is 1.95 bits per heavy atom. The van der Waals surface area contributed by atoms with Gasteiger partial charge in [-0.25, -0.2) is 0 Å². The zero-order valence-corrected chi connectivity index (χ0v) is 11.3. The van der Waals surface area contributed by atoms with Gasteiger partial charge < -0.3 is 9.47 Å². The van der Waals surface area contributed by atoms with Gasteiger partial charge in [-0.1, -0.05) is 36.9 Å². The van der Waals surface area contributed by atoms with Crippen LogP contribution in [0.5, 0.6) is 11.5 Å². The van der Waals surface area contributed by atoms with Crippen LogP contribution in [0.4, 0.5) is 0 Å². The summed E-state index contributed by atoms with van der Waals surface area (Å²) in [7, 11) is 0. The molecule has 0 bridgehead atoms. The van der Waals surface area contributed by atoms with Crippen LogP contribution in [0.3, 0.4) is 0 Å². The van der Waals surface area contributed by atoms with Gasteiger partial charge in [-0.05, 0) is 35.4 Å².